The molecule has 178 valence electrons. The topological polar surface area (TPSA) is 69.8 Å². The molecule has 1 unspecified atom stereocenters. The molecule has 35 heavy (non-hydrogen) atoms. The van der Waals surface area contributed by atoms with Crippen LogP contribution in [0, 0.1) is 0 Å². The number of hydrogen-bond acceptors (Lipinski definition) is 7. The second-order valence-corrected chi connectivity index (χ2v) is 9.53. The summed E-state index contributed by atoms with van der Waals surface area (Å²) in [7, 11) is 2.16. The largest absolute Gasteiger partial charge is 0.454 e. The normalized spacial score (nSPS) is 19.9. The third-order valence-electron chi connectivity index (χ3n) is 7.46. The maximum absolute atomic E-state index is 5.74. The van der Waals surface area contributed by atoms with E-state index in [0.29, 0.717) is 0 Å². The number of hydrogen-bond donors (Lipinski definition) is 1. The van der Waals surface area contributed by atoms with Gasteiger partial charge >= 0.3 is 0 Å². The van der Waals surface area contributed by atoms with Crippen LogP contribution >= 0.6 is 0 Å². The van der Waals surface area contributed by atoms with Gasteiger partial charge in [-0.1, -0.05) is 24.3 Å². The summed E-state index contributed by atoms with van der Waals surface area (Å²) in [6.07, 6.45) is 2.85. The van der Waals surface area contributed by atoms with Gasteiger partial charge in [0.05, 0.1) is 6.04 Å². The van der Waals surface area contributed by atoms with Crippen LogP contribution in [0.2, 0.25) is 0 Å². The van der Waals surface area contributed by atoms with Crippen LogP contribution in [0.15, 0.2) is 54.7 Å². The van der Waals surface area contributed by atoms with E-state index in [0.717, 1.165) is 68.0 Å². The highest BCUT2D eigenvalue weighted by atomic mass is 16.7. The number of benzene rings is 2. The van der Waals surface area contributed by atoms with E-state index in [9.17, 15) is 0 Å². The lowest BCUT2D eigenvalue weighted by Crippen LogP contribution is -2.45. The van der Waals surface area contributed by atoms with Gasteiger partial charge in [-0.3, -0.25) is 0 Å². The van der Waals surface area contributed by atoms with Gasteiger partial charge < -0.3 is 29.2 Å². The molecule has 1 atom stereocenters. The molecule has 3 aliphatic rings. The van der Waals surface area contributed by atoms with Gasteiger partial charge in [-0.25, -0.2) is 4.98 Å². The van der Waals surface area contributed by atoms with Crippen LogP contribution in [0.1, 0.15) is 22.9 Å². The van der Waals surface area contributed by atoms with Crippen LogP contribution in [-0.2, 0) is 6.42 Å². The molecule has 0 radical (unpaired) electrons. The lowest BCUT2D eigenvalue weighted by atomic mass is 9.92. The number of ether oxygens (including phenoxy) is 2. The zero-order valence-electron chi connectivity index (χ0n) is 19.8. The smallest absolute Gasteiger partial charge is 0.231 e. The number of para-hydroxylation sites is 1. The van der Waals surface area contributed by atoms with Crippen LogP contribution in [0.4, 0.5) is 11.8 Å². The molecular weight excluding hydrogens is 440 g/mol. The molecule has 8 nitrogen and oxygen atoms in total. The number of nitrogens with one attached hydrogen (secondary N) is 1. The summed E-state index contributed by atoms with van der Waals surface area (Å²) < 4.78 is 11.3. The Hall–Kier alpha value is -3.78. The third-order valence-corrected chi connectivity index (χ3v) is 7.46. The van der Waals surface area contributed by atoms with Gasteiger partial charge in [0.15, 0.2) is 11.5 Å². The average Bonchev–Trinajstić information content (AvgIpc) is 3.52. The number of anilines is 2. The Labute approximate surface area is 204 Å². The Kier molecular flexibility index (Phi) is 4.80. The van der Waals surface area contributed by atoms with Crippen molar-refractivity contribution in [3.8, 4) is 11.5 Å². The first kappa shape index (κ1) is 20.6. The molecule has 3 aliphatic heterocycles. The van der Waals surface area contributed by atoms with E-state index in [1.807, 2.05) is 18.3 Å². The third kappa shape index (κ3) is 3.47. The SMILES string of the molecule is CN1CCN(c2nccc(N3CCc4c([nH]c5ccccc45)C3c3ccc4c(c3)OCO4)n2)CC1. The standard InChI is InChI=1S/C27H28N6O2/c1-31-12-14-32(15-13-31)27-28-10-8-24(30-27)33-11-9-20-19-4-2-3-5-21(19)29-25(20)26(33)18-6-7-22-23(16-18)35-17-34-22/h2-8,10,16,26,29H,9,11-15,17H2,1H3. The predicted molar refractivity (Wildman–Crippen MR) is 135 cm³/mol. The van der Waals surface area contributed by atoms with Gasteiger partial charge in [0, 0.05) is 55.5 Å². The van der Waals surface area contributed by atoms with Crippen LogP contribution in [0.25, 0.3) is 10.9 Å². The van der Waals surface area contributed by atoms with E-state index in [4.69, 9.17) is 14.5 Å². The number of aromatic nitrogens is 3. The molecule has 0 amide bonds. The van der Waals surface area contributed by atoms with E-state index in [1.54, 1.807) is 0 Å². The summed E-state index contributed by atoms with van der Waals surface area (Å²) in [5, 5.41) is 1.30. The number of rotatable bonds is 3. The highest BCUT2D eigenvalue weighted by molar-refractivity contribution is 5.86. The molecule has 2 aromatic heterocycles. The van der Waals surface area contributed by atoms with Crippen molar-refractivity contribution in [3.63, 3.8) is 0 Å². The fraction of sp³-hybridized carbons (Fsp3) is 0.333. The number of nitrogens with zero attached hydrogens (tertiary/aromatic N) is 5. The first-order valence-electron chi connectivity index (χ1n) is 12.3. The van der Waals surface area contributed by atoms with Gasteiger partial charge in [0.25, 0.3) is 0 Å². The van der Waals surface area contributed by atoms with Gasteiger partial charge in [0.1, 0.15) is 5.82 Å². The molecule has 2 aromatic carbocycles. The van der Waals surface area contributed by atoms with Crippen LogP contribution in [0.5, 0.6) is 11.5 Å². The highest BCUT2D eigenvalue weighted by Crippen LogP contribution is 2.43. The second-order valence-electron chi connectivity index (χ2n) is 9.53. The Balaban J connectivity index is 1.33. The van der Waals surface area contributed by atoms with Crippen molar-refractivity contribution in [2.75, 3.05) is 56.4 Å². The molecule has 1 N–H and O–H groups in total. The zero-order chi connectivity index (χ0) is 23.4. The fourth-order valence-corrected chi connectivity index (χ4v) is 5.58. The molecule has 1 saturated heterocycles. The number of aromatic amines is 1. The maximum atomic E-state index is 5.74. The van der Waals surface area contributed by atoms with E-state index in [1.165, 1.54) is 22.2 Å². The summed E-state index contributed by atoms with van der Waals surface area (Å²) in [6, 6.07) is 16.9. The van der Waals surface area contributed by atoms with Crippen LogP contribution < -0.4 is 19.3 Å². The van der Waals surface area contributed by atoms with Crippen molar-refractivity contribution >= 4 is 22.7 Å². The fourth-order valence-electron chi connectivity index (χ4n) is 5.58. The number of fused-ring (bicyclic) bond motifs is 4. The number of H-pyrrole nitrogens is 1. The zero-order valence-corrected chi connectivity index (χ0v) is 19.8. The minimum Gasteiger partial charge on any atom is -0.454 e. The second kappa shape index (κ2) is 8.16. The molecule has 0 bridgehead atoms. The Morgan fingerprint density at radius 2 is 1.80 bits per heavy atom. The molecule has 0 saturated carbocycles. The molecule has 0 aliphatic carbocycles. The predicted octanol–water partition coefficient (Wildman–Crippen LogP) is 3.59. The molecule has 1 fully saturated rings. The average molecular weight is 469 g/mol. The minimum absolute atomic E-state index is 0.0177. The lowest BCUT2D eigenvalue weighted by Gasteiger charge is -2.38. The first-order chi connectivity index (χ1) is 17.2. The van der Waals surface area contributed by atoms with Gasteiger partial charge in [-0.05, 0) is 48.9 Å². The summed E-state index contributed by atoms with van der Waals surface area (Å²) >= 11 is 0. The highest BCUT2D eigenvalue weighted by Gasteiger charge is 2.34. The van der Waals surface area contributed by atoms with Crippen molar-refractivity contribution in [3.05, 3.63) is 71.5 Å². The van der Waals surface area contributed by atoms with Crippen molar-refractivity contribution in [1.82, 2.24) is 19.9 Å². The minimum atomic E-state index is -0.0177. The van der Waals surface area contributed by atoms with Crippen LogP contribution in [-0.4, -0.2) is 66.4 Å². The van der Waals surface area contributed by atoms with Gasteiger partial charge in [0.2, 0.25) is 12.7 Å². The van der Waals surface area contributed by atoms with Gasteiger partial charge in [-0.2, -0.15) is 4.98 Å². The Bertz CT molecular complexity index is 1390. The van der Waals surface area contributed by atoms with Crippen molar-refractivity contribution in [2.45, 2.75) is 12.5 Å². The van der Waals surface area contributed by atoms with E-state index >= 15 is 0 Å². The summed E-state index contributed by atoms with van der Waals surface area (Å²) in [6.45, 7) is 5.07. The Morgan fingerprint density at radius 3 is 2.71 bits per heavy atom. The van der Waals surface area contributed by atoms with Gasteiger partial charge in [-0.15, -0.1) is 0 Å². The monoisotopic (exact) mass is 468 g/mol. The molecule has 4 aromatic rings. The molecule has 7 rings (SSSR count). The summed E-state index contributed by atoms with van der Waals surface area (Å²) in [5.41, 5.74) is 4.93. The molecule has 0 spiro atoms. The molecule has 8 heteroatoms. The Morgan fingerprint density at radius 1 is 0.943 bits per heavy atom. The van der Waals surface area contributed by atoms with Crippen LogP contribution in [0.3, 0.4) is 0 Å². The van der Waals surface area contributed by atoms with Crippen molar-refractivity contribution in [1.29, 1.82) is 0 Å². The number of likely N-dealkylation sites (N-methyl/N-ethyl adjacent to an activating group) is 1. The summed E-state index contributed by atoms with van der Waals surface area (Å²) in [4.78, 5) is 20.5. The van der Waals surface area contributed by atoms with E-state index in [2.05, 4.69) is 68.1 Å². The summed E-state index contributed by atoms with van der Waals surface area (Å²) in [5.74, 6) is 3.35. The number of piperazine rings is 1. The first-order valence-corrected chi connectivity index (χ1v) is 12.3. The van der Waals surface area contributed by atoms with Crippen molar-refractivity contribution in [2.24, 2.45) is 0 Å². The van der Waals surface area contributed by atoms with E-state index < -0.39 is 0 Å². The van der Waals surface area contributed by atoms with Crippen molar-refractivity contribution < 1.29 is 9.47 Å². The quantitative estimate of drug-likeness (QED) is 0.493. The van der Waals surface area contributed by atoms with E-state index in [-0.39, 0.29) is 12.8 Å². The molecular formula is C27H28N6O2. The maximum Gasteiger partial charge on any atom is 0.231 e. The lowest BCUT2D eigenvalue weighted by molar-refractivity contribution is 0.174. The molecule has 5 heterocycles.